The fraction of sp³-hybridized carbons (Fsp3) is 0.467. The van der Waals surface area contributed by atoms with Crippen LogP contribution in [-0.2, 0) is 11.3 Å². The van der Waals surface area contributed by atoms with Crippen LogP contribution in [0.3, 0.4) is 0 Å². The SMILES string of the molecule is C=CCN(Cc1ccc([N+](=O)[O-])cc1)C1CCOCC1. The summed E-state index contributed by atoms with van der Waals surface area (Å²) in [6.07, 6.45) is 3.96. The van der Waals surface area contributed by atoms with E-state index in [9.17, 15) is 10.1 Å². The lowest BCUT2D eigenvalue weighted by Gasteiger charge is -2.33. The standard InChI is InChI=1S/C15H20N2O3/c1-2-9-16(14-7-10-20-11-8-14)12-13-3-5-15(6-4-13)17(18)19/h2-6,14H,1,7-12H2. The van der Waals surface area contributed by atoms with Crippen LogP contribution in [0.5, 0.6) is 0 Å². The van der Waals surface area contributed by atoms with E-state index in [-0.39, 0.29) is 10.6 Å². The van der Waals surface area contributed by atoms with Crippen molar-refractivity contribution < 1.29 is 9.66 Å². The third-order valence-electron chi connectivity index (χ3n) is 3.60. The van der Waals surface area contributed by atoms with Gasteiger partial charge in [-0.2, -0.15) is 0 Å². The van der Waals surface area contributed by atoms with Gasteiger partial charge in [-0.3, -0.25) is 15.0 Å². The second-order valence-electron chi connectivity index (χ2n) is 4.99. The van der Waals surface area contributed by atoms with E-state index in [1.165, 1.54) is 0 Å². The molecule has 0 aromatic heterocycles. The molecule has 0 amide bonds. The van der Waals surface area contributed by atoms with Crippen molar-refractivity contribution in [3.63, 3.8) is 0 Å². The van der Waals surface area contributed by atoms with Crippen LogP contribution < -0.4 is 0 Å². The van der Waals surface area contributed by atoms with Gasteiger partial charge in [-0.05, 0) is 18.4 Å². The zero-order chi connectivity index (χ0) is 14.4. The average Bonchev–Trinajstić information content (AvgIpc) is 2.48. The second kappa shape index (κ2) is 7.17. The molecule has 0 bridgehead atoms. The van der Waals surface area contributed by atoms with E-state index in [1.54, 1.807) is 12.1 Å². The van der Waals surface area contributed by atoms with Crippen molar-refractivity contribution in [3.05, 3.63) is 52.6 Å². The zero-order valence-corrected chi connectivity index (χ0v) is 11.5. The quantitative estimate of drug-likeness (QED) is 0.455. The first-order chi connectivity index (χ1) is 9.70. The summed E-state index contributed by atoms with van der Waals surface area (Å²) >= 11 is 0. The molecule has 1 fully saturated rings. The van der Waals surface area contributed by atoms with E-state index in [0.29, 0.717) is 6.04 Å². The smallest absolute Gasteiger partial charge is 0.269 e. The molecule has 1 aromatic rings. The van der Waals surface area contributed by atoms with Gasteiger partial charge >= 0.3 is 0 Å². The highest BCUT2D eigenvalue weighted by Gasteiger charge is 2.20. The van der Waals surface area contributed by atoms with Crippen LogP contribution in [0.4, 0.5) is 5.69 Å². The Balaban J connectivity index is 2.02. The predicted molar refractivity (Wildman–Crippen MR) is 77.5 cm³/mol. The molecule has 0 aliphatic carbocycles. The number of rotatable bonds is 6. The van der Waals surface area contributed by atoms with Crippen molar-refractivity contribution in [1.29, 1.82) is 0 Å². The van der Waals surface area contributed by atoms with Gasteiger partial charge in [0.05, 0.1) is 4.92 Å². The lowest BCUT2D eigenvalue weighted by molar-refractivity contribution is -0.384. The van der Waals surface area contributed by atoms with Crippen LogP contribution in [0.25, 0.3) is 0 Å². The maximum atomic E-state index is 10.7. The number of ether oxygens (including phenoxy) is 1. The van der Waals surface area contributed by atoms with Gasteiger partial charge in [0, 0.05) is 44.5 Å². The number of hydrogen-bond acceptors (Lipinski definition) is 4. The minimum Gasteiger partial charge on any atom is -0.381 e. The molecular formula is C15H20N2O3. The van der Waals surface area contributed by atoms with Crippen LogP contribution >= 0.6 is 0 Å². The van der Waals surface area contributed by atoms with E-state index in [0.717, 1.165) is 44.7 Å². The highest BCUT2D eigenvalue weighted by molar-refractivity contribution is 5.32. The van der Waals surface area contributed by atoms with Crippen LogP contribution in [0.2, 0.25) is 0 Å². The number of non-ortho nitro benzene ring substituents is 1. The summed E-state index contributed by atoms with van der Waals surface area (Å²) in [5, 5.41) is 10.7. The highest BCUT2D eigenvalue weighted by atomic mass is 16.6. The number of hydrogen-bond donors (Lipinski definition) is 0. The first kappa shape index (κ1) is 14.7. The van der Waals surface area contributed by atoms with Gasteiger partial charge in [-0.1, -0.05) is 18.2 Å². The van der Waals surface area contributed by atoms with Crippen molar-refractivity contribution in [2.75, 3.05) is 19.8 Å². The molecule has 0 spiro atoms. The summed E-state index contributed by atoms with van der Waals surface area (Å²) < 4.78 is 5.39. The zero-order valence-electron chi connectivity index (χ0n) is 11.5. The number of nitro benzene ring substituents is 1. The van der Waals surface area contributed by atoms with Crippen LogP contribution in [0.15, 0.2) is 36.9 Å². The maximum Gasteiger partial charge on any atom is 0.269 e. The Labute approximate surface area is 119 Å². The summed E-state index contributed by atoms with van der Waals surface area (Å²) in [5.41, 5.74) is 1.22. The minimum absolute atomic E-state index is 0.134. The molecule has 0 N–H and O–H groups in total. The van der Waals surface area contributed by atoms with Gasteiger partial charge < -0.3 is 4.74 Å². The minimum atomic E-state index is -0.371. The molecule has 0 radical (unpaired) electrons. The molecule has 5 nitrogen and oxygen atoms in total. The Bertz CT molecular complexity index is 453. The molecular weight excluding hydrogens is 256 g/mol. The molecule has 1 aliphatic heterocycles. The molecule has 0 unspecified atom stereocenters. The molecule has 108 valence electrons. The van der Waals surface area contributed by atoms with Gasteiger partial charge in [0.25, 0.3) is 5.69 Å². The Morgan fingerprint density at radius 3 is 2.55 bits per heavy atom. The highest BCUT2D eigenvalue weighted by Crippen LogP contribution is 2.19. The molecule has 0 atom stereocenters. The number of nitrogens with zero attached hydrogens (tertiary/aromatic N) is 2. The van der Waals surface area contributed by atoms with Crippen molar-refractivity contribution in [3.8, 4) is 0 Å². The van der Waals surface area contributed by atoms with Crippen LogP contribution in [0, 0.1) is 10.1 Å². The fourth-order valence-corrected chi connectivity index (χ4v) is 2.52. The maximum absolute atomic E-state index is 10.7. The summed E-state index contributed by atoms with van der Waals surface area (Å²) in [5.74, 6) is 0. The fourth-order valence-electron chi connectivity index (χ4n) is 2.52. The summed E-state index contributed by atoms with van der Waals surface area (Å²) in [6.45, 7) is 7.03. The predicted octanol–water partition coefficient (Wildman–Crippen LogP) is 2.76. The largest absolute Gasteiger partial charge is 0.381 e. The third-order valence-corrected chi connectivity index (χ3v) is 3.60. The Kier molecular flexibility index (Phi) is 5.26. The van der Waals surface area contributed by atoms with E-state index in [1.807, 2.05) is 18.2 Å². The first-order valence-corrected chi connectivity index (χ1v) is 6.86. The molecule has 1 aromatic carbocycles. The van der Waals surface area contributed by atoms with Gasteiger partial charge in [-0.25, -0.2) is 0 Å². The van der Waals surface area contributed by atoms with E-state index in [2.05, 4.69) is 11.5 Å². The molecule has 1 heterocycles. The van der Waals surface area contributed by atoms with Crippen molar-refractivity contribution >= 4 is 5.69 Å². The molecule has 0 saturated carbocycles. The van der Waals surface area contributed by atoms with Crippen LogP contribution in [0.1, 0.15) is 18.4 Å². The third kappa shape index (κ3) is 3.88. The van der Waals surface area contributed by atoms with E-state index >= 15 is 0 Å². The van der Waals surface area contributed by atoms with Crippen molar-refractivity contribution in [2.24, 2.45) is 0 Å². The number of benzene rings is 1. The summed E-state index contributed by atoms with van der Waals surface area (Å²) in [7, 11) is 0. The van der Waals surface area contributed by atoms with Gasteiger partial charge in [0.15, 0.2) is 0 Å². The Hall–Kier alpha value is -1.72. The summed E-state index contributed by atoms with van der Waals surface area (Å²) in [6, 6.07) is 7.27. The first-order valence-electron chi connectivity index (χ1n) is 6.86. The second-order valence-corrected chi connectivity index (χ2v) is 4.99. The lowest BCUT2D eigenvalue weighted by atomic mass is 10.1. The monoisotopic (exact) mass is 276 g/mol. The Morgan fingerprint density at radius 2 is 2.00 bits per heavy atom. The van der Waals surface area contributed by atoms with E-state index < -0.39 is 0 Å². The van der Waals surface area contributed by atoms with Gasteiger partial charge in [0.1, 0.15) is 0 Å². The number of nitro groups is 1. The van der Waals surface area contributed by atoms with Crippen LogP contribution in [-0.4, -0.2) is 35.6 Å². The molecule has 5 heteroatoms. The lowest BCUT2D eigenvalue weighted by Crippen LogP contribution is -2.39. The topological polar surface area (TPSA) is 55.6 Å². The summed E-state index contributed by atoms with van der Waals surface area (Å²) in [4.78, 5) is 12.6. The van der Waals surface area contributed by atoms with Crippen molar-refractivity contribution in [1.82, 2.24) is 4.90 Å². The Morgan fingerprint density at radius 1 is 1.35 bits per heavy atom. The molecule has 1 saturated heterocycles. The molecule has 1 aliphatic rings. The van der Waals surface area contributed by atoms with Gasteiger partial charge in [0.2, 0.25) is 0 Å². The van der Waals surface area contributed by atoms with E-state index in [4.69, 9.17) is 4.74 Å². The van der Waals surface area contributed by atoms with Gasteiger partial charge in [-0.15, -0.1) is 6.58 Å². The molecule has 2 rings (SSSR count). The van der Waals surface area contributed by atoms with Crippen molar-refractivity contribution in [2.45, 2.75) is 25.4 Å². The normalized spacial score (nSPS) is 16.2. The average molecular weight is 276 g/mol. The molecule has 20 heavy (non-hydrogen) atoms.